The minimum absolute atomic E-state index is 0.173. The lowest BCUT2D eigenvalue weighted by Gasteiger charge is -2.11. The molecule has 0 bridgehead atoms. The predicted molar refractivity (Wildman–Crippen MR) is 115 cm³/mol. The number of hydrogen-bond acceptors (Lipinski definition) is 5. The molecule has 4 aromatic rings. The Morgan fingerprint density at radius 3 is 2.69 bits per heavy atom. The normalized spacial score (nSPS) is 12.0. The van der Waals surface area contributed by atoms with Gasteiger partial charge in [0.25, 0.3) is 0 Å². The van der Waals surface area contributed by atoms with E-state index in [2.05, 4.69) is 20.2 Å². The molecule has 0 amide bonds. The van der Waals surface area contributed by atoms with Crippen molar-refractivity contribution in [2.75, 3.05) is 7.11 Å². The van der Waals surface area contributed by atoms with Crippen LogP contribution in [0.4, 0.5) is 0 Å². The van der Waals surface area contributed by atoms with Crippen LogP contribution in [-0.2, 0) is 7.05 Å². The molecule has 0 aliphatic carbocycles. The molecular weight excluding hydrogens is 368 g/mol. The Labute approximate surface area is 167 Å². The maximum atomic E-state index is 13.1. The molecule has 1 N–H and O–H groups in total. The first kappa shape index (κ1) is 18.7. The minimum atomic E-state index is -0.173. The van der Waals surface area contributed by atoms with Crippen LogP contribution >= 0.6 is 0 Å². The number of aliphatic imine (C=N–C) groups is 1. The van der Waals surface area contributed by atoms with Gasteiger partial charge in [0.15, 0.2) is 0 Å². The highest BCUT2D eigenvalue weighted by molar-refractivity contribution is 6.06. The largest absolute Gasteiger partial charge is 0.496 e. The summed E-state index contributed by atoms with van der Waals surface area (Å²) >= 11 is 0. The molecule has 8 heteroatoms. The van der Waals surface area contributed by atoms with Gasteiger partial charge in [0.1, 0.15) is 11.6 Å². The van der Waals surface area contributed by atoms with E-state index in [9.17, 15) is 4.79 Å². The van der Waals surface area contributed by atoms with Gasteiger partial charge in [-0.2, -0.15) is 5.10 Å². The number of pyridine rings is 1. The summed E-state index contributed by atoms with van der Waals surface area (Å²) in [5, 5.41) is 7.71. The number of imidazole rings is 1. The summed E-state index contributed by atoms with van der Waals surface area (Å²) in [7, 11) is 3.36. The Kier molecular flexibility index (Phi) is 4.54. The molecule has 0 radical (unpaired) electrons. The van der Waals surface area contributed by atoms with Crippen molar-refractivity contribution in [1.82, 2.24) is 24.3 Å². The molecule has 29 heavy (non-hydrogen) atoms. The minimum Gasteiger partial charge on any atom is -0.496 e. The second kappa shape index (κ2) is 7.05. The van der Waals surface area contributed by atoms with E-state index in [4.69, 9.17) is 4.74 Å². The van der Waals surface area contributed by atoms with Gasteiger partial charge in [-0.05, 0) is 32.9 Å². The quantitative estimate of drug-likeness (QED) is 0.539. The fourth-order valence-electron chi connectivity index (χ4n) is 3.50. The Morgan fingerprint density at radius 2 is 2.07 bits per heavy atom. The van der Waals surface area contributed by atoms with Crippen LogP contribution in [0.2, 0.25) is 0 Å². The maximum Gasteiger partial charge on any atom is 0.334 e. The molecule has 0 saturated heterocycles. The average Bonchev–Trinajstić information content (AvgIpc) is 3.33. The summed E-state index contributed by atoms with van der Waals surface area (Å²) in [6, 6.07) is 3.86. The van der Waals surface area contributed by atoms with E-state index in [-0.39, 0.29) is 5.69 Å². The van der Waals surface area contributed by atoms with Crippen LogP contribution < -0.4 is 10.4 Å². The average molecular weight is 390 g/mol. The zero-order valence-electron chi connectivity index (χ0n) is 17.0. The Hall–Kier alpha value is -3.68. The van der Waals surface area contributed by atoms with E-state index in [1.54, 1.807) is 41.9 Å². The third-order valence-electron chi connectivity index (χ3n) is 4.84. The Morgan fingerprint density at radius 1 is 1.28 bits per heavy atom. The van der Waals surface area contributed by atoms with Crippen molar-refractivity contribution < 1.29 is 4.74 Å². The number of allylic oxidation sites excluding steroid dienone is 1. The number of methoxy groups -OCH3 is 1. The van der Waals surface area contributed by atoms with Crippen molar-refractivity contribution >= 4 is 33.5 Å². The van der Waals surface area contributed by atoms with E-state index < -0.39 is 0 Å². The number of hydrogen-bond donors (Lipinski definition) is 1. The number of nitrogens with zero attached hydrogens (tertiary/aromatic N) is 5. The summed E-state index contributed by atoms with van der Waals surface area (Å²) in [6.07, 6.45) is 7.08. The van der Waals surface area contributed by atoms with E-state index in [0.29, 0.717) is 11.6 Å². The monoisotopic (exact) mass is 390 g/mol. The van der Waals surface area contributed by atoms with Crippen molar-refractivity contribution in [3.8, 4) is 16.9 Å². The molecule has 1 aromatic carbocycles. The van der Waals surface area contributed by atoms with Gasteiger partial charge in [-0.25, -0.2) is 14.4 Å². The zero-order valence-corrected chi connectivity index (χ0v) is 17.0. The number of aryl methyl sites for hydroxylation is 1. The molecule has 0 aliphatic heterocycles. The lowest BCUT2D eigenvalue weighted by atomic mass is 10.0. The Bertz CT molecular complexity index is 1340. The summed E-state index contributed by atoms with van der Waals surface area (Å²) in [5.74, 6) is 1.26. The number of benzene rings is 1. The molecule has 0 unspecified atom stereocenters. The molecule has 0 fully saturated rings. The van der Waals surface area contributed by atoms with Crippen LogP contribution in [0.15, 0.2) is 46.6 Å². The zero-order chi connectivity index (χ0) is 20.7. The highest BCUT2D eigenvalue weighted by atomic mass is 16.5. The lowest BCUT2D eigenvalue weighted by molar-refractivity contribution is 0.417. The van der Waals surface area contributed by atoms with Crippen molar-refractivity contribution in [2.45, 2.75) is 20.8 Å². The van der Waals surface area contributed by atoms with Crippen LogP contribution in [0.5, 0.6) is 5.75 Å². The van der Waals surface area contributed by atoms with Crippen LogP contribution in [0, 0.1) is 0 Å². The summed E-state index contributed by atoms with van der Waals surface area (Å²) in [6.45, 7) is 5.68. The second-order valence-electron chi connectivity index (χ2n) is 6.93. The standard InChI is InChI=1S/C21H22N6O2/c1-6-19(25-12(2)3)27-20-15-7-14(13-9-23-24-10-13)18(29-5)8-16(15)22-11-17(20)26(4)21(27)28/h6-11H,1-5H3,(H,23,24)/b19-6+. The summed E-state index contributed by atoms with van der Waals surface area (Å²) in [5.41, 5.74) is 4.66. The van der Waals surface area contributed by atoms with Crippen LogP contribution in [0.1, 0.15) is 20.8 Å². The third kappa shape index (κ3) is 2.93. The number of nitrogens with one attached hydrogen (secondary N) is 1. The van der Waals surface area contributed by atoms with Gasteiger partial charge in [0.2, 0.25) is 0 Å². The van der Waals surface area contributed by atoms with E-state index in [1.807, 2.05) is 39.0 Å². The van der Waals surface area contributed by atoms with Gasteiger partial charge in [-0.15, -0.1) is 0 Å². The van der Waals surface area contributed by atoms with E-state index in [1.165, 1.54) is 0 Å². The first-order chi connectivity index (χ1) is 14.0. The molecule has 0 atom stereocenters. The SMILES string of the molecule is C/C=C(\N=C(C)C)n1c(=O)n(C)c2cnc3cc(OC)c(-c4cn[nH]c4)cc3c21. The topological polar surface area (TPSA) is 90.1 Å². The molecule has 0 aliphatic rings. The van der Waals surface area contributed by atoms with Gasteiger partial charge in [0.05, 0.1) is 36.1 Å². The smallest absolute Gasteiger partial charge is 0.334 e. The van der Waals surface area contributed by atoms with E-state index in [0.717, 1.165) is 38.8 Å². The second-order valence-corrected chi connectivity index (χ2v) is 6.93. The number of ether oxygens (including phenoxy) is 1. The number of rotatable bonds is 4. The molecule has 8 nitrogen and oxygen atoms in total. The van der Waals surface area contributed by atoms with Crippen LogP contribution in [-0.4, -0.2) is 37.1 Å². The van der Waals surface area contributed by atoms with Crippen molar-refractivity contribution in [1.29, 1.82) is 0 Å². The lowest BCUT2D eigenvalue weighted by Crippen LogP contribution is -2.21. The van der Waals surface area contributed by atoms with Crippen molar-refractivity contribution in [3.63, 3.8) is 0 Å². The van der Waals surface area contributed by atoms with Gasteiger partial charge < -0.3 is 4.74 Å². The number of aromatic amines is 1. The van der Waals surface area contributed by atoms with Crippen LogP contribution in [0.3, 0.4) is 0 Å². The summed E-state index contributed by atoms with van der Waals surface area (Å²) < 4.78 is 8.81. The van der Waals surface area contributed by atoms with E-state index >= 15 is 0 Å². The molecule has 148 valence electrons. The molecule has 3 aromatic heterocycles. The van der Waals surface area contributed by atoms with Gasteiger partial charge >= 0.3 is 5.69 Å². The summed E-state index contributed by atoms with van der Waals surface area (Å²) in [4.78, 5) is 22.2. The molecule has 3 heterocycles. The molecular formula is C21H22N6O2. The maximum absolute atomic E-state index is 13.1. The highest BCUT2D eigenvalue weighted by Crippen LogP contribution is 2.36. The highest BCUT2D eigenvalue weighted by Gasteiger charge is 2.19. The third-order valence-corrected chi connectivity index (χ3v) is 4.84. The van der Waals surface area contributed by atoms with Gasteiger partial charge in [-0.1, -0.05) is 0 Å². The van der Waals surface area contributed by atoms with Gasteiger partial charge in [0, 0.05) is 41.5 Å². The van der Waals surface area contributed by atoms with Gasteiger partial charge in [-0.3, -0.25) is 14.6 Å². The Balaban J connectivity index is 2.18. The van der Waals surface area contributed by atoms with Crippen molar-refractivity contribution in [3.05, 3.63) is 47.3 Å². The molecule has 4 rings (SSSR count). The number of fused-ring (bicyclic) bond motifs is 3. The fourth-order valence-corrected chi connectivity index (χ4v) is 3.50. The predicted octanol–water partition coefficient (Wildman–Crippen LogP) is 3.59. The molecule has 0 saturated carbocycles. The number of aromatic nitrogens is 5. The van der Waals surface area contributed by atoms with Crippen LogP contribution in [0.25, 0.3) is 38.9 Å². The first-order valence-corrected chi connectivity index (χ1v) is 9.22. The van der Waals surface area contributed by atoms with Crippen molar-refractivity contribution in [2.24, 2.45) is 12.0 Å². The first-order valence-electron chi connectivity index (χ1n) is 9.22. The fraction of sp³-hybridized carbons (Fsp3) is 0.238. The molecule has 0 spiro atoms. The number of H-pyrrole nitrogens is 1.